The largest absolute Gasteiger partial charge is 0.493 e. The maximum atomic E-state index is 13.1. The monoisotopic (exact) mass is 444 g/mol. The third kappa shape index (κ3) is 4.91. The van der Waals surface area contributed by atoms with Crippen LogP contribution in [0.5, 0.6) is 11.5 Å². The maximum absolute atomic E-state index is 13.1. The van der Waals surface area contributed by atoms with Gasteiger partial charge in [0, 0.05) is 37.8 Å². The van der Waals surface area contributed by atoms with Gasteiger partial charge in [-0.05, 0) is 43.2 Å². The van der Waals surface area contributed by atoms with Gasteiger partial charge in [0.25, 0.3) is 0 Å². The molecule has 2 aromatic rings. The quantitative estimate of drug-likeness (QED) is 0.641. The Kier molecular flexibility index (Phi) is 7.02. The van der Waals surface area contributed by atoms with Crippen molar-refractivity contribution in [1.82, 2.24) is 9.21 Å². The number of hydrogen-bond donors (Lipinski definition) is 0. The molecule has 166 valence electrons. The number of carbonyl (C=O) groups is 1. The summed E-state index contributed by atoms with van der Waals surface area (Å²) in [7, 11) is -0.483. The van der Waals surface area contributed by atoms with Crippen LogP contribution in [0.15, 0.2) is 47.4 Å². The third-order valence-corrected chi connectivity index (χ3v) is 7.39. The Morgan fingerprint density at radius 3 is 2.35 bits per heavy atom. The Morgan fingerprint density at radius 1 is 1.00 bits per heavy atom. The molecule has 2 aromatic carbocycles. The van der Waals surface area contributed by atoms with Gasteiger partial charge in [-0.15, -0.1) is 0 Å². The summed E-state index contributed by atoms with van der Waals surface area (Å²) in [6, 6.07) is 10.9. The molecule has 8 heteroatoms. The number of para-hydroxylation sites is 1. The van der Waals surface area contributed by atoms with Crippen LogP contribution in [0.3, 0.4) is 0 Å². The van der Waals surface area contributed by atoms with Crippen LogP contribution in [0, 0.1) is 13.8 Å². The number of amides is 1. The second kappa shape index (κ2) is 9.53. The molecule has 3 rings (SSSR count). The van der Waals surface area contributed by atoms with E-state index in [1.54, 1.807) is 44.3 Å². The van der Waals surface area contributed by atoms with Gasteiger partial charge in [0.15, 0.2) is 11.5 Å². The number of sulfonamides is 1. The number of hydrogen-bond acceptors (Lipinski definition) is 5. The van der Waals surface area contributed by atoms with Crippen molar-refractivity contribution in [1.29, 1.82) is 0 Å². The molecule has 0 radical (unpaired) electrons. The van der Waals surface area contributed by atoms with Crippen LogP contribution in [0.25, 0.3) is 6.08 Å². The number of ether oxygens (including phenoxy) is 2. The Labute approximate surface area is 183 Å². The lowest BCUT2D eigenvalue weighted by Crippen LogP contribution is -2.50. The van der Waals surface area contributed by atoms with E-state index in [-0.39, 0.29) is 19.0 Å². The summed E-state index contributed by atoms with van der Waals surface area (Å²) in [4.78, 5) is 14.6. The molecule has 0 aliphatic carbocycles. The number of piperazine rings is 1. The van der Waals surface area contributed by atoms with Crippen molar-refractivity contribution in [2.24, 2.45) is 0 Å². The summed E-state index contributed by atoms with van der Waals surface area (Å²) in [6.07, 6.45) is 3.16. The minimum absolute atomic E-state index is 0.173. The van der Waals surface area contributed by atoms with Crippen LogP contribution in [0.1, 0.15) is 16.7 Å². The van der Waals surface area contributed by atoms with E-state index >= 15 is 0 Å². The average molecular weight is 445 g/mol. The molecule has 0 spiro atoms. The van der Waals surface area contributed by atoms with Crippen molar-refractivity contribution in [2.45, 2.75) is 18.7 Å². The highest BCUT2D eigenvalue weighted by atomic mass is 32.2. The van der Waals surface area contributed by atoms with Crippen molar-refractivity contribution in [3.8, 4) is 11.5 Å². The lowest BCUT2D eigenvalue weighted by atomic mass is 10.1. The molecular weight excluding hydrogens is 416 g/mol. The summed E-state index contributed by atoms with van der Waals surface area (Å²) in [5, 5.41) is 0. The lowest BCUT2D eigenvalue weighted by Gasteiger charge is -2.33. The highest BCUT2D eigenvalue weighted by Crippen LogP contribution is 2.31. The molecule has 1 saturated heterocycles. The van der Waals surface area contributed by atoms with Gasteiger partial charge in [0.2, 0.25) is 15.9 Å². The fraction of sp³-hybridized carbons (Fsp3) is 0.348. The van der Waals surface area contributed by atoms with Gasteiger partial charge in [0.05, 0.1) is 19.1 Å². The summed E-state index contributed by atoms with van der Waals surface area (Å²) >= 11 is 0. The van der Waals surface area contributed by atoms with Gasteiger partial charge >= 0.3 is 0 Å². The minimum Gasteiger partial charge on any atom is -0.493 e. The summed E-state index contributed by atoms with van der Waals surface area (Å²) < 4.78 is 38.2. The zero-order chi connectivity index (χ0) is 22.6. The maximum Gasteiger partial charge on any atom is 0.246 e. The first-order valence-corrected chi connectivity index (χ1v) is 11.5. The number of nitrogens with zero attached hydrogens (tertiary/aromatic N) is 2. The Hall–Kier alpha value is -2.84. The molecule has 1 fully saturated rings. The fourth-order valence-electron chi connectivity index (χ4n) is 3.58. The molecular formula is C23H28N2O5S. The fourth-order valence-corrected chi connectivity index (χ4v) is 5.31. The second-order valence-corrected chi connectivity index (χ2v) is 9.32. The SMILES string of the molecule is COc1cccc(C=CC(=O)N2CCN(S(=O)(=O)c3cc(C)ccc3C)CC2)c1OC. The Morgan fingerprint density at radius 2 is 1.71 bits per heavy atom. The standard InChI is InChI=1S/C23H28N2O5S/c1-17-8-9-18(2)21(16-17)31(27,28)25-14-12-24(13-15-25)22(26)11-10-19-6-5-7-20(29-3)23(19)30-4/h5-11,16H,12-15H2,1-4H3. The summed E-state index contributed by atoms with van der Waals surface area (Å²) in [5.41, 5.74) is 2.35. The highest BCUT2D eigenvalue weighted by Gasteiger charge is 2.30. The first-order chi connectivity index (χ1) is 14.8. The molecule has 0 bridgehead atoms. The molecule has 0 unspecified atom stereocenters. The minimum atomic E-state index is -3.59. The first kappa shape index (κ1) is 22.8. The molecule has 1 amide bonds. The predicted octanol–water partition coefficient (Wildman–Crippen LogP) is 2.87. The van der Waals surface area contributed by atoms with E-state index in [9.17, 15) is 13.2 Å². The van der Waals surface area contributed by atoms with Crippen LogP contribution in [-0.4, -0.2) is 63.9 Å². The van der Waals surface area contributed by atoms with E-state index in [4.69, 9.17) is 9.47 Å². The van der Waals surface area contributed by atoms with Crippen LogP contribution in [-0.2, 0) is 14.8 Å². The topological polar surface area (TPSA) is 76.2 Å². The predicted molar refractivity (Wildman–Crippen MR) is 120 cm³/mol. The van der Waals surface area contributed by atoms with E-state index in [2.05, 4.69) is 0 Å². The van der Waals surface area contributed by atoms with Crippen molar-refractivity contribution >= 4 is 22.0 Å². The molecule has 0 N–H and O–H groups in total. The molecule has 1 aliphatic heterocycles. The van der Waals surface area contributed by atoms with Gasteiger partial charge in [-0.1, -0.05) is 24.3 Å². The Balaban J connectivity index is 1.68. The van der Waals surface area contributed by atoms with Crippen LogP contribution in [0.2, 0.25) is 0 Å². The zero-order valence-electron chi connectivity index (χ0n) is 18.3. The first-order valence-electron chi connectivity index (χ1n) is 10.0. The molecule has 0 atom stereocenters. The molecule has 7 nitrogen and oxygen atoms in total. The van der Waals surface area contributed by atoms with Crippen LogP contribution < -0.4 is 9.47 Å². The van der Waals surface area contributed by atoms with Gasteiger partial charge in [-0.25, -0.2) is 8.42 Å². The molecule has 0 aromatic heterocycles. The van der Waals surface area contributed by atoms with Crippen molar-refractivity contribution < 1.29 is 22.7 Å². The number of aryl methyl sites for hydroxylation is 2. The summed E-state index contributed by atoms with van der Waals surface area (Å²) in [6.45, 7) is 4.86. The van der Waals surface area contributed by atoms with Crippen molar-refractivity contribution in [3.63, 3.8) is 0 Å². The van der Waals surface area contributed by atoms with E-state index in [1.165, 1.54) is 10.4 Å². The molecule has 31 heavy (non-hydrogen) atoms. The summed E-state index contributed by atoms with van der Waals surface area (Å²) in [5.74, 6) is 0.967. The van der Waals surface area contributed by atoms with Crippen LogP contribution >= 0.6 is 0 Å². The zero-order valence-corrected chi connectivity index (χ0v) is 19.1. The number of methoxy groups -OCH3 is 2. The Bertz CT molecular complexity index is 1090. The van der Waals surface area contributed by atoms with Gasteiger partial charge in [-0.3, -0.25) is 4.79 Å². The van der Waals surface area contributed by atoms with Gasteiger partial charge in [-0.2, -0.15) is 4.31 Å². The highest BCUT2D eigenvalue weighted by molar-refractivity contribution is 7.89. The van der Waals surface area contributed by atoms with Crippen molar-refractivity contribution in [2.75, 3.05) is 40.4 Å². The van der Waals surface area contributed by atoms with E-state index < -0.39 is 10.0 Å². The number of rotatable bonds is 6. The third-order valence-electron chi connectivity index (χ3n) is 5.35. The number of benzene rings is 2. The normalized spacial score (nSPS) is 15.3. The second-order valence-electron chi connectivity index (χ2n) is 7.41. The number of carbonyl (C=O) groups excluding carboxylic acids is 1. The van der Waals surface area contributed by atoms with Crippen molar-refractivity contribution in [3.05, 3.63) is 59.2 Å². The van der Waals surface area contributed by atoms with Crippen LogP contribution in [0.4, 0.5) is 0 Å². The van der Waals surface area contributed by atoms with E-state index in [0.29, 0.717) is 29.5 Å². The lowest BCUT2D eigenvalue weighted by molar-refractivity contribution is -0.127. The molecule has 1 aliphatic rings. The molecule has 0 saturated carbocycles. The average Bonchev–Trinajstić information content (AvgIpc) is 2.78. The van der Waals surface area contributed by atoms with Gasteiger partial charge in [0.1, 0.15) is 0 Å². The van der Waals surface area contributed by atoms with Gasteiger partial charge < -0.3 is 14.4 Å². The van der Waals surface area contributed by atoms with E-state index in [0.717, 1.165) is 16.7 Å². The smallest absolute Gasteiger partial charge is 0.246 e. The molecule has 1 heterocycles. The van der Waals surface area contributed by atoms with E-state index in [1.807, 2.05) is 31.2 Å².